The molecule has 1 aromatic carbocycles. The molecule has 3 aromatic heterocycles. The summed E-state index contributed by atoms with van der Waals surface area (Å²) in [4.78, 5) is 25.2. The topological polar surface area (TPSA) is 115 Å². The first kappa shape index (κ1) is 19.5. The zero-order chi connectivity index (χ0) is 20.9. The van der Waals surface area contributed by atoms with Gasteiger partial charge < -0.3 is 19.9 Å². The van der Waals surface area contributed by atoms with Gasteiger partial charge in [-0.25, -0.2) is 4.98 Å². The van der Waals surface area contributed by atoms with Gasteiger partial charge in [-0.1, -0.05) is 11.2 Å². The lowest BCUT2D eigenvalue weighted by molar-refractivity contribution is 0.0958. The average Bonchev–Trinajstić information content (AvgIpc) is 3.40. The van der Waals surface area contributed by atoms with E-state index in [1.165, 1.54) is 17.5 Å². The summed E-state index contributed by atoms with van der Waals surface area (Å²) in [5, 5.41) is 9.79. The van der Waals surface area contributed by atoms with Crippen molar-refractivity contribution in [1.29, 1.82) is 0 Å². The zero-order valence-corrected chi connectivity index (χ0v) is 17.1. The second-order valence-corrected chi connectivity index (χ2v) is 7.08. The highest BCUT2D eigenvalue weighted by Crippen LogP contribution is 2.26. The van der Waals surface area contributed by atoms with Crippen LogP contribution in [0.25, 0.3) is 10.8 Å². The Morgan fingerprint density at radius 2 is 2.07 bits per heavy atom. The lowest BCUT2D eigenvalue weighted by Gasteiger charge is -2.09. The largest absolute Gasteiger partial charge is 0.457 e. The third kappa shape index (κ3) is 4.44. The molecule has 30 heavy (non-hydrogen) atoms. The Kier molecular flexibility index (Phi) is 5.66. The highest BCUT2D eigenvalue weighted by atomic mass is 32.1. The van der Waals surface area contributed by atoms with Crippen molar-refractivity contribution in [2.24, 2.45) is 0 Å². The quantitative estimate of drug-likeness (QED) is 0.464. The summed E-state index contributed by atoms with van der Waals surface area (Å²) in [5.41, 5.74) is 3.73. The number of rotatable bonds is 7. The number of hydrogen-bond acceptors (Lipinski definition) is 9. The molecule has 9 nitrogen and oxygen atoms in total. The number of hydrogen-bond donors (Lipinski definition) is 2. The van der Waals surface area contributed by atoms with Crippen molar-refractivity contribution < 1.29 is 14.1 Å². The van der Waals surface area contributed by atoms with E-state index in [1.54, 1.807) is 24.7 Å². The molecule has 1 amide bonds. The van der Waals surface area contributed by atoms with Crippen LogP contribution in [-0.4, -0.2) is 33.1 Å². The van der Waals surface area contributed by atoms with Crippen molar-refractivity contribution in [3.8, 4) is 22.3 Å². The van der Waals surface area contributed by atoms with Gasteiger partial charge in [-0.15, -0.1) is 11.3 Å². The SMILES string of the molecule is CNC(=O)c1cc(Oc2cccc(NCc3noc(-c4scnc4C)n3)c2)ccn1. The molecule has 0 bridgehead atoms. The van der Waals surface area contributed by atoms with E-state index in [-0.39, 0.29) is 11.6 Å². The lowest BCUT2D eigenvalue weighted by atomic mass is 10.3. The molecule has 0 unspecified atom stereocenters. The maximum Gasteiger partial charge on any atom is 0.269 e. The molecule has 3 heterocycles. The first-order chi connectivity index (χ1) is 14.6. The van der Waals surface area contributed by atoms with Crippen molar-refractivity contribution in [3.05, 3.63) is 65.3 Å². The molecule has 0 saturated carbocycles. The smallest absolute Gasteiger partial charge is 0.269 e. The van der Waals surface area contributed by atoms with Gasteiger partial charge in [-0.2, -0.15) is 4.98 Å². The fraction of sp³-hybridized carbons (Fsp3) is 0.150. The number of benzene rings is 1. The first-order valence-electron chi connectivity index (χ1n) is 9.05. The molecular formula is C20H18N6O3S. The van der Waals surface area contributed by atoms with Crippen LogP contribution in [0.15, 0.2) is 52.6 Å². The highest BCUT2D eigenvalue weighted by molar-refractivity contribution is 7.13. The molecule has 0 aliphatic heterocycles. The third-order valence-electron chi connectivity index (χ3n) is 4.12. The summed E-state index contributed by atoms with van der Waals surface area (Å²) in [6, 6.07) is 10.7. The van der Waals surface area contributed by atoms with Crippen molar-refractivity contribution in [3.63, 3.8) is 0 Å². The van der Waals surface area contributed by atoms with Crippen molar-refractivity contribution in [1.82, 2.24) is 25.4 Å². The van der Waals surface area contributed by atoms with Gasteiger partial charge in [0, 0.05) is 31.1 Å². The number of nitrogens with zero attached hydrogens (tertiary/aromatic N) is 4. The summed E-state index contributed by atoms with van der Waals surface area (Å²) in [6.07, 6.45) is 1.53. The minimum absolute atomic E-state index is 0.274. The predicted octanol–water partition coefficient (Wildman–Crippen LogP) is 3.66. The van der Waals surface area contributed by atoms with Crippen molar-refractivity contribution in [2.75, 3.05) is 12.4 Å². The highest BCUT2D eigenvalue weighted by Gasteiger charge is 2.13. The fourth-order valence-corrected chi connectivity index (χ4v) is 3.36. The molecule has 0 aliphatic rings. The van der Waals surface area contributed by atoms with E-state index in [0.29, 0.717) is 29.8 Å². The Bertz CT molecular complexity index is 1170. The molecule has 2 N–H and O–H groups in total. The number of anilines is 1. The molecule has 0 atom stereocenters. The van der Waals surface area contributed by atoms with Crippen LogP contribution >= 0.6 is 11.3 Å². The fourth-order valence-electron chi connectivity index (χ4n) is 2.64. The van der Waals surface area contributed by atoms with E-state index in [9.17, 15) is 4.79 Å². The second-order valence-electron chi connectivity index (χ2n) is 6.22. The number of pyridine rings is 1. The number of nitrogens with one attached hydrogen (secondary N) is 2. The van der Waals surface area contributed by atoms with Gasteiger partial charge in [0.2, 0.25) is 0 Å². The minimum Gasteiger partial charge on any atom is -0.457 e. The van der Waals surface area contributed by atoms with Crippen molar-refractivity contribution >= 4 is 22.9 Å². The zero-order valence-electron chi connectivity index (χ0n) is 16.2. The second kappa shape index (κ2) is 8.70. The van der Waals surface area contributed by atoms with Gasteiger partial charge in [0.15, 0.2) is 5.82 Å². The van der Waals surface area contributed by atoms with Crippen LogP contribution in [0, 0.1) is 6.92 Å². The molecule has 152 valence electrons. The number of thiazole rings is 1. The Labute approximate surface area is 176 Å². The van der Waals surface area contributed by atoms with E-state index >= 15 is 0 Å². The Balaban J connectivity index is 1.41. The number of ether oxygens (including phenoxy) is 1. The van der Waals surface area contributed by atoms with Crippen molar-refractivity contribution in [2.45, 2.75) is 13.5 Å². The molecule has 4 aromatic rings. The van der Waals surface area contributed by atoms with Crippen LogP contribution in [-0.2, 0) is 6.54 Å². The minimum atomic E-state index is -0.274. The molecule has 0 saturated heterocycles. The van der Waals surface area contributed by atoms with E-state index in [0.717, 1.165) is 16.3 Å². The van der Waals surface area contributed by atoms with Crippen LogP contribution in [0.2, 0.25) is 0 Å². The van der Waals surface area contributed by atoms with Gasteiger partial charge in [0.1, 0.15) is 22.1 Å². The number of aryl methyl sites for hydroxylation is 1. The number of carbonyl (C=O) groups is 1. The molecule has 0 fully saturated rings. The number of carbonyl (C=O) groups excluding carboxylic acids is 1. The van der Waals surface area contributed by atoms with E-state index < -0.39 is 0 Å². The Hall–Kier alpha value is -3.79. The maximum atomic E-state index is 11.7. The molecule has 4 rings (SSSR count). The van der Waals surface area contributed by atoms with E-state index in [4.69, 9.17) is 9.26 Å². The predicted molar refractivity (Wildman–Crippen MR) is 112 cm³/mol. The summed E-state index contributed by atoms with van der Waals surface area (Å²) < 4.78 is 11.2. The van der Waals surface area contributed by atoms with Crippen LogP contribution < -0.4 is 15.4 Å². The summed E-state index contributed by atoms with van der Waals surface area (Å²) in [6.45, 7) is 2.29. The molecule has 10 heteroatoms. The summed E-state index contributed by atoms with van der Waals surface area (Å²) in [7, 11) is 1.55. The molecule has 0 spiro atoms. The number of amides is 1. The first-order valence-corrected chi connectivity index (χ1v) is 9.93. The van der Waals surface area contributed by atoms with Gasteiger partial charge in [-0.05, 0) is 25.1 Å². The van der Waals surface area contributed by atoms with E-state index in [1.807, 2.05) is 31.2 Å². The standard InChI is InChI=1S/C20H18N6O3S/c1-12-18(30-11-24-12)20-25-17(26-29-20)10-23-13-4-3-5-14(8-13)28-15-6-7-22-16(9-15)19(27)21-2/h3-9,11,23H,10H2,1-2H3,(H,21,27). The number of aromatic nitrogens is 4. The van der Waals surface area contributed by atoms with Gasteiger partial charge in [0.05, 0.1) is 17.7 Å². The van der Waals surface area contributed by atoms with Gasteiger partial charge in [0.25, 0.3) is 11.8 Å². The maximum absolute atomic E-state index is 11.7. The molecule has 0 aliphatic carbocycles. The van der Waals surface area contributed by atoms with Gasteiger partial charge >= 0.3 is 0 Å². The average molecular weight is 422 g/mol. The summed E-state index contributed by atoms with van der Waals surface area (Å²) in [5.74, 6) is 1.86. The van der Waals surface area contributed by atoms with Crippen LogP contribution in [0.3, 0.4) is 0 Å². The monoisotopic (exact) mass is 422 g/mol. The molecular weight excluding hydrogens is 404 g/mol. The third-order valence-corrected chi connectivity index (χ3v) is 5.04. The van der Waals surface area contributed by atoms with Gasteiger partial charge in [-0.3, -0.25) is 9.78 Å². The van der Waals surface area contributed by atoms with E-state index in [2.05, 4.69) is 30.7 Å². The Morgan fingerprint density at radius 1 is 1.20 bits per heavy atom. The Morgan fingerprint density at radius 3 is 2.87 bits per heavy atom. The normalized spacial score (nSPS) is 10.6. The van der Waals surface area contributed by atoms with Crippen LogP contribution in [0.5, 0.6) is 11.5 Å². The lowest BCUT2D eigenvalue weighted by Crippen LogP contribution is -2.18. The summed E-state index contributed by atoms with van der Waals surface area (Å²) >= 11 is 1.46. The van der Waals surface area contributed by atoms with Crippen LogP contribution in [0.4, 0.5) is 5.69 Å². The molecule has 0 radical (unpaired) electrons. The van der Waals surface area contributed by atoms with Crippen LogP contribution in [0.1, 0.15) is 22.0 Å².